The normalized spacial score (nSPS) is 15.9. The van der Waals surface area contributed by atoms with Crippen LogP contribution in [0.3, 0.4) is 0 Å². The van der Waals surface area contributed by atoms with Crippen LogP contribution in [0.2, 0.25) is 0 Å². The van der Waals surface area contributed by atoms with Gasteiger partial charge in [0.25, 0.3) is 0 Å². The molecular formula is C14H20N2O. The molecule has 3 nitrogen and oxygen atoms in total. The number of nitrogens with one attached hydrogen (secondary N) is 1. The van der Waals surface area contributed by atoms with Crippen LogP contribution in [0.5, 0.6) is 0 Å². The Morgan fingerprint density at radius 2 is 2.18 bits per heavy atom. The van der Waals surface area contributed by atoms with Gasteiger partial charge in [-0.2, -0.15) is 0 Å². The van der Waals surface area contributed by atoms with E-state index < -0.39 is 5.54 Å². The van der Waals surface area contributed by atoms with Crippen molar-refractivity contribution in [1.82, 2.24) is 5.32 Å². The second-order valence-corrected chi connectivity index (χ2v) is 5.36. The highest BCUT2D eigenvalue weighted by Gasteiger charge is 2.25. The number of hydrogen-bond donors (Lipinski definition) is 2. The molecule has 0 aromatic heterocycles. The molecule has 0 radical (unpaired) electrons. The number of primary amides is 1. The third kappa shape index (κ3) is 3.07. The fourth-order valence-electron chi connectivity index (χ4n) is 1.78. The topological polar surface area (TPSA) is 55.1 Å². The maximum atomic E-state index is 11.2. The largest absolute Gasteiger partial charge is 0.368 e. The smallest absolute Gasteiger partial charge is 0.237 e. The first-order chi connectivity index (χ1) is 7.99. The summed E-state index contributed by atoms with van der Waals surface area (Å²) in [6, 6.07) is 8.57. The molecule has 17 heavy (non-hydrogen) atoms. The van der Waals surface area contributed by atoms with Gasteiger partial charge in [0, 0.05) is 6.54 Å². The van der Waals surface area contributed by atoms with Crippen molar-refractivity contribution >= 4 is 5.91 Å². The first kappa shape index (κ1) is 12.1. The van der Waals surface area contributed by atoms with E-state index in [0.29, 0.717) is 6.54 Å². The average Bonchev–Trinajstić information content (AvgIpc) is 3.10. The number of hydrogen-bond acceptors (Lipinski definition) is 2. The lowest BCUT2D eigenvalue weighted by molar-refractivity contribution is -0.123. The summed E-state index contributed by atoms with van der Waals surface area (Å²) >= 11 is 0. The molecule has 1 aliphatic carbocycles. The summed E-state index contributed by atoms with van der Waals surface area (Å²) in [5, 5.41) is 3.19. The number of carbonyl (C=O) groups excluding carboxylic acids is 1. The predicted octanol–water partition coefficient (Wildman–Crippen LogP) is 1.92. The van der Waals surface area contributed by atoms with Crippen LogP contribution in [0.25, 0.3) is 0 Å². The molecule has 3 heteroatoms. The van der Waals surface area contributed by atoms with Crippen molar-refractivity contribution in [3.8, 4) is 0 Å². The van der Waals surface area contributed by atoms with Gasteiger partial charge < -0.3 is 5.73 Å². The SMILES string of the molecule is CC(C)(NCc1cccc(C2CC2)c1)C(N)=O. The van der Waals surface area contributed by atoms with Crippen molar-refractivity contribution < 1.29 is 4.79 Å². The zero-order valence-corrected chi connectivity index (χ0v) is 10.5. The summed E-state index contributed by atoms with van der Waals surface area (Å²) in [7, 11) is 0. The highest BCUT2D eigenvalue weighted by molar-refractivity contribution is 5.83. The van der Waals surface area contributed by atoms with Gasteiger partial charge in [0.2, 0.25) is 5.91 Å². The number of carbonyl (C=O) groups is 1. The highest BCUT2D eigenvalue weighted by Crippen LogP contribution is 2.40. The van der Waals surface area contributed by atoms with Gasteiger partial charge in [-0.05, 0) is 43.7 Å². The summed E-state index contributed by atoms with van der Waals surface area (Å²) in [4.78, 5) is 11.2. The maximum absolute atomic E-state index is 11.2. The Balaban J connectivity index is 1.99. The third-order valence-electron chi connectivity index (χ3n) is 3.35. The van der Waals surface area contributed by atoms with E-state index in [1.54, 1.807) is 13.8 Å². The highest BCUT2D eigenvalue weighted by atomic mass is 16.1. The first-order valence-electron chi connectivity index (χ1n) is 6.13. The molecule has 0 bridgehead atoms. The van der Waals surface area contributed by atoms with Crippen LogP contribution in [-0.2, 0) is 11.3 Å². The number of amides is 1. The van der Waals surface area contributed by atoms with Gasteiger partial charge in [-0.25, -0.2) is 0 Å². The van der Waals surface area contributed by atoms with E-state index in [0.717, 1.165) is 5.92 Å². The standard InChI is InChI=1S/C14H20N2O/c1-14(2,13(15)17)16-9-10-4-3-5-12(8-10)11-6-7-11/h3-5,8,11,16H,6-7,9H2,1-2H3,(H2,15,17). The van der Waals surface area contributed by atoms with Crippen molar-refractivity contribution in [1.29, 1.82) is 0 Å². The average molecular weight is 232 g/mol. The lowest BCUT2D eigenvalue weighted by Crippen LogP contribution is -2.50. The fraction of sp³-hybridized carbons (Fsp3) is 0.500. The lowest BCUT2D eigenvalue weighted by atomic mass is 10.0. The molecule has 0 unspecified atom stereocenters. The van der Waals surface area contributed by atoms with Gasteiger partial charge in [-0.1, -0.05) is 24.3 Å². The maximum Gasteiger partial charge on any atom is 0.237 e. The van der Waals surface area contributed by atoms with Crippen LogP contribution < -0.4 is 11.1 Å². The Morgan fingerprint density at radius 3 is 2.76 bits per heavy atom. The van der Waals surface area contributed by atoms with Gasteiger partial charge >= 0.3 is 0 Å². The van der Waals surface area contributed by atoms with E-state index in [4.69, 9.17) is 5.73 Å². The van der Waals surface area contributed by atoms with Crippen LogP contribution >= 0.6 is 0 Å². The van der Waals surface area contributed by atoms with Gasteiger partial charge in [-0.3, -0.25) is 10.1 Å². The first-order valence-corrected chi connectivity index (χ1v) is 6.13. The quantitative estimate of drug-likeness (QED) is 0.815. The summed E-state index contributed by atoms with van der Waals surface area (Å²) in [5.41, 5.74) is 7.29. The van der Waals surface area contributed by atoms with Crippen molar-refractivity contribution in [3.63, 3.8) is 0 Å². The second-order valence-electron chi connectivity index (χ2n) is 5.36. The Labute approximate surface area is 102 Å². The minimum absolute atomic E-state index is 0.323. The van der Waals surface area contributed by atoms with Gasteiger partial charge in [0.1, 0.15) is 0 Å². The van der Waals surface area contributed by atoms with E-state index in [9.17, 15) is 4.79 Å². The van der Waals surface area contributed by atoms with Crippen LogP contribution in [0, 0.1) is 0 Å². The Hall–Kier alpha value is -1.35. The molecule has 2 rings (SSSR count). The summed E-state index contributed by atoms with van der Waals surface area (Å²) < 4.78 is 0. The molecule has 1 aromatic carbocycles. The molecule has 0 aliphatic heterocycles. The van der Waals surface area contributed by atoms with E-state index >= 15 is 0 Å². The molecule has 1 saturated carbocycles. The lowest BCUT2D eigenvalue weighted by Gasteiger charge is -2.22. The molecule has 0 atom stereocenters. The van der Waals surface area contributed by atoms with Gasteiger partial charge in [0.05, 0.1) is 5.54 Å². The monoisotopic (exact) mass is 232 g/mol. The molecule has 1 aliphatic rings. The summed E-state index contributed by atoms with van der Waals surface area (Å²) in [6.07, 6.45) is 2.62. The zero-order valence-electron chi connectivity index (χ0n) is 10.5. The Morgan fingerprint density at radius 1 is 1.47 bits per heavy atom. The molecule has 3 N–H and O–H groups in total. The van der Waals surface area contributed by atoms with Crippen LogP contribution in [0.4, 0.5) is 0 Å². The number of nitrogens with two attached hydrogens (primary N) is 1. The van der Waals surface area contributed by atoms with Crippen molar-refractivity contribution in [2.45, 2.75) is 44.7 Å². The molecule has 0 heterocycles. The number of rotatable bonds is 5. The minimum Gasteiger partial charge on any atom is -0.368 e. The minimum atomic E-state index is -0.657. The summed E-state index contributed by atoms with van der Waals surface area (Å²) in [6.45, 7) is 4.29. The molecule has 92 valence electrons. The molecule has 1 amide bonds. The second kappa shape index (κ2) is 4.49. The molecule has 0 saturated heterocycles. The Bertz CT molecular complexity index is 422. The van der Waals surface area contributed by atoms with Crippen LogP contribution in [0.15, 0.2) is 24.3 Å². The predicted molar refractivity (Wildman–Crippen MR) is 68.5 cm³/mol. The van der Waals surface area contributed by atoms with Gasteiger partial charge in [0.15, 0.2) is 0 Å². The van der Waals surface area contributed by atoms with E-state index in [-0.39, 0.29) is 5.91 Å². The molecular weight excluding hydrogens is 212 g/mol. The van der Waals surface area contributed by atoms with E-state index in [2.05, 4.69) is 29.6 Å². The van der Waals surface area contributed by atoms with E-state index in [1.165, 1.54) is 24.0 Å². The zero-order chi connectivity index (χ0) is 12.5. The Kier molecular flexibility index (Phi) is 3.20. The van der Waals surface area contributed by atoms with Crippen molar-refractivity contribution in [2.24, 2.45) is 5.73 Å². The van der Waals surface area contributed by atoms with Crippen molar-refractivity contribution in [2.75, 3.05) is 0 Å². The molecule has 1 fully saturated rings. The third-order valence-corrected chi connectivity index (χ3v) is 3.35. The van der Waals surface area contributed by atoms with Gasteiger partial charge in [-0.15, -0.1) is 0 Å². The van der Waals surface area contributed by atoms with E-state index in [1.807, 2.05) is 0 Å². The van der Waals surface area contributed by atoms with Crippen LogP contribution in [0.1, 0.15) is 43.7 Å². The van der Waals surface area contributed by atoms with Crippen LogP contribution in [-0.4, -0.2) is 11.4 Å². The molecule has 1 aromatic rings. The summed E-state index contributed by atoms with van der Waals surface area (Å²) in [5.74, 6) is 0.440. The fourth-order valence-corrected chi connectivity index (χ4v) is 1.78. The number of benzene rings is 1. The molecule has 0 spiro atoms. The van der Waals surface area contributed by atoms with Crippen molar-refractivity contribution in [3.05, 3.63) is 35.4 Å².